The maximum Gasteiger partial charge on any atom is 0.208 e. The number of nitrogens with one attached hydrogen (secondary N) is 1. The topological polar surface area (TPSA) is 38.1 Å². The van der Waals surface area contributed by atoms with Crippen LogP contribution in [0, 0.1) is 12.7 Å². The summed E-state index contributed by atoms with van der Waals surface area (Å²) < 4.78 is 18.8. The zero-order valence-corrected chi connectivity index (χ0v) is 10.8. The number of nitrogens with zero attached hydrogens (tertiary/aromatic N) is 1. The summed E-state index contributed by atoms with van der Waals surface area (Å²) in [6.45, 7) is 6.61. The smallest absolute Gasteiger partial charge is 0.208 e. The zero-order chi connectivity index (χ0) is 13.1. The van der Waals surface area contributed by atoms with E-state index in [1.165, 1.54) is 12.1 Å². The average Bonchev–Trinajstić information content (AvgIpc) is 2.78. The van der Waals surface area contributed by atoms with Gasteiger partial charge in [0.2, 0.25) is 5.89 Å². The first-order valence-electron chi connectivity index (χ1n) is 6.01. The van der Waals surface area contributed by atoms with E-state index in [-0.39, 0.29) is 5.82 Å². The molecule has 0 saturated carbocycles. The van der Waals surface area contributed by atoms with Crippen LogP contribution in [0.4, 0.5) is 4.39 Å². The monoisotopic (exact) mass is 248 g/mol. The van der Waals surface area contributed by atoms with Gasteiger partial charge in [0.1, 0.15) is 5.82 Å². The fourth-order valence-corrected chi connectivity index (χ4v) is 1.67. The van der Waals surface area contributed by atoms with Gasteiger partial charge in [0.15, 0.2) is 5.76 Å². The second-order valence-electron chi connectivity index (χ2n) is 4.61. The molecule has 0 radical (unpaired) electrons. The lowest BCUT2D eigenvalue weighted by Crippen LogP contribution is -2.21. The van der Waals surface area contributed by atoms with Crippen LogP contribution in [0.5, 0.6) is 0 Å². The molecule has 96 valence electrons. The van der Waals surface area contributed by atoms with E-state index in [1.54, 1.807) is 12.3 Å². The molecule has 0 aliphatic rings. The zero-order valence-electron chi connectivity index (χ0n) is 10.8. The minimum Gasteiger partial charge on any atom is -0.439 e. The summed E-state index contributed by atoms with van der Waals surface area (Å²) in [6.07, 6.45) is 1.64. The van der Waals surface area contributed by atoms with Crippen molar-refractivity contribution < 1.29 is 8.81 Å². The fourth-order valence-electron chi connectivity index (χ4n) is 1.67. The van der Waals surface area contributed by atoms with Crippen molar-refractivity contribution in [1.82, 2.24) is 10.3 Å². The van der Waals surface area contributed by atoms with Gasteiger partial charge < -0.3 is 9.73 Å². The largest absolute Gasteiger partial charge is 0.439 e. The average molecular weight is 248 g/mol. The summed E-state index contributed by atoms with van der Waals surface area (Å²) in [6, 6.07) is 5.02. The van der Waals surface area contributed by atoms with Gasteiger partial charge in [0.05, 0.1) is 12.7 Å². The number of aryl methyl sites for hydroxylation is 1. The van der Waals surface area contributed by atoms with Gasteiger partial charge in [-0.25, -0.2) is 9.37 Å². The highest BCUT2D eigenvalue weighted by Crippen LogP contribution is 2.24. The minimum atomic E-state index is -0.270. The van der Waals surface area contributed by atoms with Crippen LogP contribution >= 0.6 is 0 Å². The first-order chi connectivity index (χ1) is 8.56. The molecule has 1 aromatic carbocycles. The van der Waals surface area contributed by atoms with Gasteiger partial charge in [-0.05, 0) is 24.6 Å². The third-order valence-corrected chi connectivity index (χ3v) is 2.68. The van der Waals surface area contributed by atoms with Crippen LogP contribution in [-0.4, -0.2) is 11.0 Å². The van der Waals surface area contributed by atoms with Crippen molar-refractivity contribution >= 4 is 0 Å². The maximum atomic E-state index is 13.2. The predicted octanol–water partition coefficient (Wildman–Crippen LogP) is 3.29. The number of oxazole rings is 1. The first kappa shape index (κ1) is 12.8. The third-order valence-electron chi connectivity index (χ3n) is 2.68. The first-order valence-corrected chi connectivity index (χ1v) is 6.01. The molecule has 0 unspecified atom stereocenters. The van der Waals surface area contributed by atoms with Crippen LogP contribution in [0.1, 0.15) is 25.3 Å². The Morgan fingerprint density at radius 1 is 1.39 bits per heavy atom. The minimum absolute atomic E-state index is 0.270. The second-order valence-corrected chi connectivity index (χ2v) is 4.61. The molecule has 1 aromatic heterocycles. The number of hydrogen-bond acceptors (Lipinski definition) is 3. The van der Waals surface area contributed by atoms with E-state index in [0.29, 0.717) is 24.2 Å². The molecule has 0 amide bonds. The summed E-state index contributed by atoms with van der Waals surface area (Å²) in [4.78, 5) is 4.18. The van der Waals surface area contributed by atoms with Gasteiger partial charge >= 0.3 is 0 Å². The molecular weight excluding hydrogens is 231 g/mol. The molecule has 1 heterocycles. The van der Waals surface area contributed by atoms with Crippen LogP contribution in [0.3, 0.4) is 0 Å². The number of hydrogen-bond donors (Lipinski definition) is 1. The van der Waals surface area contributed by atoms with Crippen molar-refractivity contribution in [3.8, 4) is 11.3 Å². The van der Waals surface area contributed by atoms with Gasteiger partial charge in [-0.2, -0.15) is 0 Å². The van der Waals surface area contributed by atoms with E-state index >= 15 is 0 Å². The number of halogens is 1. The summed E-state index contributed by atoms with van der Waals surface area (Å²) in [5.74, 6) is 0.948. The number of aromatic nitrogens is 1. The lowest BCUT2D eigenvalue weighted by molar-refractivity contribution is 0.458. The van der Waals surface area contributed by atoms with Gasteiger partial charge in [0.25, 0.3) is 0 Å². The van der Waals surface area contributed by atoms with Crippen molar-refractivity contribution in [2.75, 3.05) is 0 Å². The van der Waals surface area contributed by atoms with E-state index in [9.17, 15) is 4.39 Å². The standard InChI is InChI=1S/C14H17FN2O/c1-9(2)16-8-14-17-7-13(18-14)12-6-11(15)5-4-10(12)3/h4-7,9,16H,8H2,1-3H3. The quantitative estimate of drug-likeness (QED) is 0.902. The molecule has 2 rings (SSSR count). The molecule has 0 fully saturated rings. The Hall–Kier alpha value is -1.68. The molecule has 18 heavy (non-hydrogen) atoms. The Kier molecular flexibility index (Phi) is 3.77. The summed E-state index contributed by atoms with van der Waals surface area (Å²) in [5, 5.41) is 3.22. The molecule has 0 aliphatic heterocycles. The predicted molar refractivity (Wildman–Crippen MR) is 68.6 cm³/mol. The Balaban J connectivity index is 2.21. The molecule has 1 N–H and O–H groups in total. The Morgan fingerprint density at radius 2 is 2.17 bits per heavy atom. The van der Waals surface area contributed by atoms with E-state index in [0.717, 1.165) is 11.1 Å². The van der Waals surface area contributed by atoms with Crippen molar-refractivity contribution in [1.29, 1.82) is 0 Å². The van der Waals surface area contributed by atoms with Crippen LogP contribution in [0.25, 0.3) is 11.3 Å². The van der Waals surface area contributed by atoms with Crippen LogP contribution in [-0.2, 0) is 6.54 Å². The van der Waals surface area contributed by atoms with E-state index in [4.69, 9.17) is 4.42 Å². The van der Waals surface area contributed by atoms with E-state index < -0.39 is 0 Å². The highest BCUT2D eigenvalue weighted by atomic mass is 19.1. The molecular formula is C14H17FN2O. The Bertz CT molecular complexity index is 534. The summed E-state index contributed by atoms with van der Waals surface area (Å²) in [7, 11) is 0. The lowest BCUT2D eigenvalue weighted by atomic mass is 10.1. The van der Waals surface area contributed by atoms with Crippen LogP contribution in [0.2, 0.25) is 0 Å². The van der Waals surface area contributed by atoms with Gasteiger partial charge in [-0.1, -0.05) is 19.9 Å². The van der Waals surface area contributed by atoms with Crippen molar-refractivity contribution in [2.45, 2.75) is 33.4 Å². The van der Waals surface area contributed by atoms with Crippen molar-refractivity contribution in [3.63, 3.8) is 0 Å². The third kappa shape index (κ3) is 2.96. The van der Waals surface area contributed by atoms with Crippen molar-refractivity contribution in [2.24, 2.45) is 0 Å². The Labute approximate surface area is 106 Å². The van der Waals surface area contributed by atoms with Crippen LogP contribution in [0.15, 0.2) is 28.8 Å². The highest BCUT2D eigenvalue weighted by Gasteiger charge is 2.10. The second kappa shape index (κ2) is 5.31. The van der Waals surface area contributed by atoms with Crippen LogP contribution < -0.4 is 5.32 Å². The number of rotatable bonds is 4. The van der Waals surface area contributed by atoms with Gasteiger partial charge in [0, 0.05) is 11.6 Å². The molecule has 0 aliphatic carbocycles. The van der Waals surface area contributed by atoms with E-state index in [2.05, 4.69) is 24.1 Å². The normalized spacial score (nSPS) is 11.2. The molecule has 4 heteroatoms. The summed E-state index contributed by atoms with van der Waals surface area (Å²) >= 11 is 0. The van der Waals surface area contributed by atoms with Gasteiger partial charge in [-0.15, -0.1) is 0 Å². The van der Waals surface area contributed by atoms with Crippen molar-refractivity contribution in [3.05, 3.63) is 41.7 Å². The molecule has 3 nitrogen and oxygen atoms in total. The molecule has 0 bridgehead atoms. The van der Waals surface area contributed by atoms with E-state index in [1.807, 2.05) is 6.92 Å². The molecule has 2 aromatic rings. The molecule has 0 saturated heterocycles. The van der Waals surface area contributed by atoms with Gasteiger partial charge in [-0.3, -0.25) is 0 Å². The maximum absolute atomic E-state index is 13.2. The lowest BCUT2D eigenvalue weighted by Gasteiger charge is -2.04. The fraction of sp³-hybridized carbons (Fsp3) is 0.357. The Morgan fingerprint density at radius 3 is 2.89 bits per heavy atom. The highest BCUT2D eigenvalue weighted by molar-refractivity contribution is 5.61. The SMILES string of the molecule is Cc1ccc(F)cc1-c1cnc(CNC(C)C)o1. The molecule has 0 atom stereocenters. The number of benzene rings is 1. The summed E-state index contributed by atoms with van der Waals surface area (Å²) in [5.41, 5.74) is 1.72. The molecule has 0 spiro atoms.